The van der Waals surface area contributed by atoms with E-state index in [1.807, 2.05) is 47.4 Å². The molecule has 0 unspecified atom stereocenters. The summed E-state index contributed by atoms with van der Waals surface area (Å²) >= 11 is 0. The third-order valence-electron chi connectivity index (χ3n) is 4.72. The Morgan fingerprint density at radius 3 is 2.30 bits per heavy atom. The number of ether oxygens (including phenoxy) is 1. The molecule has 27 heavy (non-hydrogen) atoms. The fourth-order valence-corrected chi connectivity index (χ4v) is 3.25. The topological polar surface area (TPSA) is 58.8 Å². The first kappa shape index (κ1) is 22.9. The number of para-hydroxylation sites is 3. The van der Waals surface area contributed by atoms with Crippen molar-refractivity contribution in [3.63, 3.8) is 0 Å². The zero-order valence-electron chi connectivity index (χ0n) is 15.5. The number of rotatable bonds is 5. The Kier molecular flexibility index (Phi) is 9.26. The lowest BCUT2D eigenvalue weighted by atomic mass is 10.1. The molecule has 148 valence electrons. The lowest BCUT2D eigenvalue weighted by Crippen LogP contribution is -2.48. The highest BCUT2D eigenvalue weighted by Gasteiger charge is 2.22. The Hall–Kier alpha value is -2.11. The van der Waals surface area contributed by atoms with Gasteiger partial charge in [-0.15, -0.1) is 24.8 Å². The largest absolute Gasteiger partial charge is 0.495 e. The number of nitrogen functional groups attached to an aromatic ring is 1. The van der Waals surface area contributed by atoms with Gasteiger partial charge in [0.2, 0.25) is 5.91 Å². The molecule has 1 amide bonds. The standard InChI is InChI=1S/C20H25N3O2.2ClH/c1-25-19-9-5-4-8-18(19)22-12-14-23(15-13-22)20(24)11-10-16-6-2-3-7-17(16)21;;/h2-9H,10-15,21H2,1H3;2*1H. The van der Waals surface area contributed by atoms with Crippen molar-refractivity contribution >= 4 is 42.1 Å². The molecule has 2 aromatic rings. The molecule has 0 saturated carbocycles. The summed E-state index contributed by atoms with van der Waals surface area (Å²) in [6.07, 6.45) is 1.20. The van der Waals surface area contributed by atoms with Crippen molar-refractivity contribution in [1.82, 2.24) is 4.90 Å². The zero-order chi connectivity index (χ0) is 17.6. The normalized spacial score (nSPS) is 13.4. The first-order valence-corrected chi connectivity index (χ1v) is 8.68. The number of methoxy groups -OCH3 is 1. The minimum absolute atomic E-state index is 0. The fraction of sp³-hybridized carbons (Fsp3) is 0.350. The maximum atomic E-state index is 12.5. The van der Waals surface area contributed by atoms with Gasteiger partial charge in [-0.05, 0) is 30.2 Å². The summed E-state index contributed by atoms with van der Waals surface area (Å²) in [5.74, 6) is 1.07. The van der Waals surface area contributed by atoms with Crippen LogP contribution in [0, 0.1) is 0 Å². The number of hydrogen-bond donors (Lipinski definition) is 1. The molecule has 2 aromatic carbocycles. The average Bonchev–Trinajstić information content (AvgIpc) is 2.67. The van der Waals surface area contributed by atoms with Gasteiger partial charge < -0.3 is 20.3 Å². The molecule has 7 heteroatoms. The second-order valence-corrected chi connectivity index (χ2v) is 6.24. The molecule has 1 aliphatic heterocycles. The molecule has 1 saturated heterocycles. The maximum Gasteiger partial charge on any atom is 0.223 e. The van der Waals surface area contributed by atoms with E-state index in [2.05, 4.69) is 11.0 Å². The smallest absolute Gasteiger partial charge is 0.223 e. The summed E-state index contributed by atoms with van der Waals surface area (Å²) in [4.78, 5) is 16.7. The number of nitrogens with two attached hydrogens (primary N) is 1. The summed E-state index contributed by atoms with van der Waals surface area (Å²) in [6, 6.07) is 15.8. The predicted molar refractivity (Wildman–Crippen MR) is 115 cm³/mol. The summed E-state index contributed by atoms with van der Waals surface area (Å²) in [7, 11) is 1.69. The number of amides is 1. The number of nitrogens with zero attached hydrogens (tertiary/aromatic N) is 2. The van der Waals surface area contributed by atoms with Gasteiger partial charge in [0.1, 0.15) is 5.75 Å². The fourth-order valence-electron chi connectivity index (χ4n) is 3.25. The van der Waals surface area contributed by atoms with E-state index >= 15 is 0 Å². The first-order valence-electron chi connectivity index (χ1n) is 8.68. The lowest BCUT2D eigenvalue weighted by Gasteiger charge is -2.36. The highest BCUT2D eigenvalue weighted by atomic mass is 35.5. The molecule has 0 bridgehead atoms. The quantitative estimate of drug-likeness (QED) is 0.765. The number of hydrogen-bond acceptors (Lipinski definition) is 4. The number of anilines is 2. The van der Waals surface area contributed by atoms with E-state index in [1.54, 1.807) is 7.11 Å². The van der Waals surface area contributed by atoms with E-state index in [0.717, 1.165) is 48.9 Å². The van der Waals surface area contributed by atoms with Gasteiger partial charge in [-0.1, -0.05) is 30.3 Å². The van der Waals surface area contributed by atoms with E-state index in [0.29, 0.717) is 12.8 Å². The Morgan fingerprint density at radius 2 is 1.63 bits per heavy atom. The van der Waals surface area contributed by atoms with Crippen LogP contribution in [0.25, 0.3) is 0 Å². The molecule has 0 spiro atoms. The molecule has 0 aliphatic carbocycles. The van der Waals surface area contributed by atoms with E-state index in [-0.39, 0.29) is 30.7 Å². The van der Waals surface area contributed by atoms with Gasteiger partial charge in [-0.2, -0.15) is 0 Å². The van der Waals surface area contributed by atoms with Crippen molar-refractivity contribution in [3.8, 4) is 5.75 Å². The second kappa shape index (κ2) is 10.9. The minimum atomic E-state index is 0. The maximum absolute atomic E-state index is 12.5. The molecule has 0 aromatic heterocycles. The number of carbonyl (C=O) groups excluding carboxylic acids is 1. The van der Waals surface area contributed by atoms with Gasteiger partial charge in [0, 0.05) is 38.3 Å². The van der Waals surface area contributed by atoms with Crippen molar-refractivity contribution < 1.29 is 9.53 Å². The molecule has 5 nitrogen and oxygen atoms in total. The Bertz CT molecular complexity index is 735. The van der Waals surface area contributed by atoms with Crippen LogP contribution in [0.15, 0.2) is 48.5 Å². The first-order chi connectivity index (χ1) is 12.2. The van der Waals surface area contributed by atoms with E-state index in [4.69, 9.17) is 10.5 Å². The van der Waals surface area contributed by atoms with E-state index in [1.165, 1.54) is 0 Å². The zero-order valence-corrected chi connectivity index (χ0v) is 17.1. The van der Waals surface area contributed by atoms with Crippen LogP contribution in [0.1, 0.15) is 12.0 Å². The van der Waals surface area contributed by atoms with Crippen LogP contribution in [-0.2, 0) is 11.2 Å². The average molecular weight is 412 g/mol. The van der Waals surface area contributed by atoms with Crippen molar-refractivity contribution in [2.45, 2.75) is 12.8 Å². The number of piperazine rings is 1. The summed E-state index contributed by atoms with van der Waals surface area (Å²) in [6.45, 7) is 3.11. The van der Waals surface area contributed by atoms with Crippen molar-refractivity contribution in [2.75, 3.05) is 43.9 Å². The predicted octanol–water partition coefficient (Wildman–Crippen LogP) is 3.40. The SMILES string of the molecule is COc1ccccc1N1CCN(C(=O)CCc2ccccc2N)CC1.Cl.Cl. The highest BCUT2D eigenvalue weighted by molar-refractivity contribution is 5.85. The van der Waals surface area contributed by atoms with Crippen LogP contribution in [0.4, 0.5) is 11.4 Å². The van der Waals surface area contributed by atoms with Crippen LogP contribution in [0.5, 0.6) is 5.75 Å². The van der Waals surface area contributed by atoms with Crippen LogP contribution >= 0.6 is 24.8 Å². The number of halogens is 2. The van der Waals surface area contributed by atoms with Gasteiger partial charge in [-0.25, -0.2) is 0 Å². The van der Waals surface area contributed by atoms with Crippen LogP contribution in [-0.4, -0.2) is 44.1 Å². The molecule has 1 aliphatic rings. The molecule has 3 rings (SSSR count). The molecule has 2 N–H and O–H groups in total. The van der Waals surface area contributed by atoms with Crippen LogP contribution in [0.2, 0.25) is 0 Å². The van der Waals surface area contributed by atoms with Gasteiger partial charge >= 0.3 is 0 Å². The number of aryl methyl sites for hydroxylation is 1. The summed E-state index contributed by atoms with van der Waals surface area (Å²) in [5, 5.41) is 0. The van der Waals surface area contributed by atoms with Crippen molar-refractivity contribution in [2.24, 2.45) is 0 Å². The van der Waals surface area contributed by atoms with Crippen molar-refractivity contribution in [3.05, 3.63) is 54.1 Å². The van der Waals surface area contributed by atoms with Gasteiger partial charge in [0.05, 0.1) is 12.8 Å². The Balaban J connectivity index is 0.00000182. The number of carbonyl (C=O) groups is 1. The lowest BCUT2D eigenvalue weighted by molar-refractivity contribution is -0.131. The van der Waals surface area contributed by atoms with E-state index < -0.39 is 0 Å². The van der Waals surface area contributed by atoms with Crippen LogP contribution < -0.4 is 15.4 Å². The van der Waals surface area contributed by atoms with E-state index in [9.17, 15) is 4.79 Å². The molecule has 0 atom stereocenters. The monoisotopic (exact) mass is 411 g/mol. The molecular weight excluding hydrogens is 385 g/mol. The summed E-state index contributed by atoms with van der Waals surface area (Å²) < 4.78 is 5.44. The van der Waals surface area contributed by atoms with Gasteiger partial charge in [0.15, 0.2) is 0 Å². The minimum Gasteiger partial charge on any atom is -0.495 e. The Labute approximate surface area is 173 Å². The highest BCUT2D eigenvalue weighted by Crippen LogP contribution is 2.28. The Morgan fingerprint density at radius 1 is 1.00 bits per heavy atom. The van der Waals surface area contributed by atoms with Crippen LogP contribution in [0.3, 0.4) is 0 Å². The molecular formula is C20H27Cl2N3O2. The summed E-state index contributed by atoms with van der Waals surface area (Å²) in [5.41, 5.74) is 8.85. The number of benzene rings is 2. The van der Waals surface area contributed by atoms with Gasteiger partial charge in [0.25, 0.3) is 0 Å². The third-order valence-corrected chi connectivity index (χ3v) is 4.72. The molecule has 1 fully saturated rings. The molecule has 1 heterocycles. The third kappa shape index (κ3) is 5.68. The second-order valence-electron chi connectivity index (χ2n) is 6.24. The van der Waals surface area contributed by atoms with Gasteiger partial charge in [-0.3, -0.25) is 4.79 Å². The van der Waals surface area contributed by atoms with Crippen molar-refractivity contribution in [1.29, 1.82) is 0 Å². The molecule has 0 radical (unpaired) electrons.